The first-order valence-corrected chi connectivity index (χ1v) is 11.7. The van der Waals surface area contributed by atoms with E-state index in [4.69, 9.17) is 0 Å². The Hall–Kier alpha value is -0.610. The second-order valence-electron chi connectivity index (χ2n) is 11.3. The van der Waals surface area contributed by atoms with Gasteiger partial charge in [-0.05, 0) is 111 Å². The summed E-state index contributed by atoms with van der Waals surface area (Å²) >= 11 is 0. The first-order chi connectivity index (χ1) is 13.2. The Kier molecular flexibility index (Phi) is 5.36. The van der Waals surface area contributed by atoms with Crippen LogP contribution in [0.3, 0.4) is 0 Å². The maximum absolute atomic E-state index is 11.5. The Bertz CT molecular complexity index is 605. The molecule has 0 amide bonds. The number of carboxylic acids is 1. The van der Waals surface area contributed by atoms with E-state index in [1.54, 1.807) is 0 Å². The molecule has 160 valence electrons. The molecule has 10 atom stereocenters. The molecule has 4 aliphatic carbocycles. The van der Waals surface area contributed by atoms with Gasteiger partial charge in [0.15, 0.2) is 0 Å². The molecule has 4 fully saturated rings. The van der Waals surface area contributed by atoms with Crippen LogP contribution in [0.15, 0.2) is 0 Å². The van der Waals surface area contributed by atoms with Crippen molar-refractivity contribution in [1.29, 1.82) is 0 Å². The Morgan fingerprint density at radius 1 is 1.07 bits per heavy atom. The predicted molar refractivity (Wildman–Crippen MR) is 106 cm³/mol. The normalized spacial score (nSPS) is 51.7. The van der Waals surface area contributed by atoms with Crippen molar-refractivity contribution < 1.29 is 20.1 Å². The molecule has 0 heterocycles. The van der Waals surface area contributed by atoms with Crippen LogP contribution < -0.4 is 5.11 Å². The molecule has 4 saturated carbocycles. The number of carbonyl (C=O) groups is 1. The molecule has 4 nitrogen and oxygen atoms in total. The van der Waals surface area contributed by atoms with Gasteiger partial charge in [0, 0.05) is 5.97 Å². The number of hydrogen-bond donors (Lipinski definition) is 2. The highest BCUT2D eigenvalue weighted by molar-refractivity contribution is 5.64. The predicted octanol–water partition coefficient (Wildman–Crippen LogP) is 3.14. The van der Waals surface area contributed by atoms with Crippen molar-refractivity contribution in [2.24, 2.45) is 46.3 Å². The van der Waals surface area contributed by atoms with Crippen LogP contribution >= 0.6 is 0 Å². The summed E-state index contributed by atoms with van der Waals surface area (Å²) < 4.78 is 0. The van der Waals surface area contributed by atoms with E-state index in [0.717, 1.165) is 32.1 Å². The lowest BCUT2D eigenvalue weighted by Gasteiger charge is -2.62. The van der Waals surface area contributed by atoms with Gasteiger partial charge in [0.25, 0.3) is 0 Å². The second kappa shape index (κ2) is 7.27. The third kappa shape index (κ3) is 3.05. The summed E-state index contributed by atoms with van der Waals surface area (Å²) in [4.78, 5) is 10.9. The van der Waals surface area contributed by atoms with Gasteiger partial charge in [0.1, 0.15) is 0 Å². The van der Waals surface area contributed by atoms with Crippen LogP contribution in [-0.4, -0.2) is 28.4 Å². The summed E-state index contributed by atoms with van der Waals surface area (Å²) in [6.45, 7) is 6.94. The fraction of sp³-hybridized carbons (Fsp3) is 0.958. The van der Waals surface area contributed by atoms with E-state index < -0.39 is 5.97 Å². The van der Waals surface area contributed by atoms with Crippen molar-refractivity contribution in [3.05, 3.63) is 0 Å². The number of aliphatic carboxylic acids is 1. The summed E-state index contributed by atoms with van der Waals surface area (Å²) in [5.74, 6) is 2.19. The minimum atomic E-state index is -0.957. The van der Waals surface area contributed by atoms with Crippen molar-refractivity contribution in [3.63, 3.8) is 0 Å². The molecule has 0 aromatic carbocycles. The number of rotatable bonds is 4. The summed E-state index contributed by atoms with van der Waals surface area (Å²) in [7, 11) is 0. The molecule has 0 radical (unpaired) electrons. The van der Waals surface area contributed by atoms with Crippen LogP contribution in [0.2, 0.25) is 0 Å². The minimum absolute atomic E-state index is 0.0795. The molecule has 2 N–H and O–H groups in total. The smallest absolute Gasteiger partial charge is 0.0602 e. The topological polar surface area (TPSA) is 80.6 Å². The average molecular weight is 392 g/mol. The van der Waals surface area contributed by atoms with Gasteiger partial charge >= 0.3 is 0 Å². The standard InChI is InChI=1S/C24H40O4/c1-14(4-9-22(27)28)18-7-8-19-17-6-5-15-12-16(25)10-11-23(15,2)20(17)13-21(26)24(18,19)3/h14-21,25-26H,4-13H2,1-3H3,(H,27,28)/p-1/t14-,15+,16+,17+,18-,19+,20+,21+,23+,24-/m1/s1. The second-order valence-corrected chi connectivity index (χ2v) is 11.3. The van der Waals surface area contributed by atoms with Crippen molar-refractivity contribution in [1.82, 2.24) is 0 Å². The quantitative estimate of drug-likeness (QED) is 0.771. The highest BCUT2D eigenvalue weighted by Crippen LogP contribution is 2.68. The van der Waals surface area contributed by atoms with Crippen LogP contribution in [0, 0.1) is 46.3 Å². The van der Waals surface area contributed by atoms with Gasteiger partial charge in [0.2, 0.25) is 0 Å². The van der Waals surface area contributed by atoms with Crippen molar-refractivity contribution in [2.45, 2.75) is 97.2 Å². The molecular weight excluding hydrogens is 352 g/mol. The summed E-state index contributed by atoms with van der Waals surface area (Å²) in [6, 6.07) is 0. The van der Waals surface area contributed by atoms with Crippen molar-refractivity contribution >= 4 is 5.97 Å². The molecule has 28 heavy (non-hydrogen) atoms. The van der Waals surface area contributed by atoms with Crippen LogP contribution in [0.4, 0.5) is 0 Å². The van der Waals surface area contributed by atoms with Crippen LogP contribution in [0.25, 0.3) is 0 Å². The third-order valence-corrected chi connectivity index (χ3v) is 10.3. The van der Waals surface area contributed by atoms with E-state index in [-0.39, 0.29) is 29.5 Å². The molecule has 0 aromatic heterocycles. The van der Waals surface area contributed by atoms with Crippen LogP contribution in [0.1, 0.15) is 85.0 Å². The number of aliphatic hydroxyl groups is 2. The zero-order chi connectivity index (χ0) is 20.3. The molecule has 4 aliphatic rings. The summed E-state index contributed by atoms with van der Waals surface area (Å²) in [6.07, 6.45) is 8.98. The lowest BCUT2D eigenvalue weighted by atomic mass is 9.43. The number of carbonyl (C=O) groups excluding carboxylic acids is 1. The fourth-order valence-electron chi connectivity index (χ4n) is 8.71. The monoisotopic (exact) mass is 391 g/mol. The Morgan fingerprint density at radius 3 is 2.54 bits per heavy atom. The van der Waals surface area contributed by atoms with E-state index in [9.17, 15) is 20.1 Å². The molecule has 0 aliphatic heterocycles. The molecule has 4 rings (SSSR count). The number of hydrogen-bond acceptors (Lipinski definition) is 4. The van der Waals surface area contributed by atoms with Gasteiger partial charge in [-0.25, -0.2) is 0 Å². The van der Waals surface area contributed by atoms with Gasteiger partial charge < -0.3 is 20.1 Å². The fourth-order valence-corrected chi connectivity index (χ4v) is 8.71. The molecule has 0 bridgehead atoms. The zero-order valence-corrected chi connectivity index (χ0v) is 17.9. The lowest BCUT2D eigenvalue weighted by molar-refractivity contribution is -0.306. The maximum atomic E-state index is 11.5. The van der Waals surface area contributed by atoms with E-state index >= 15 is 0 Å². The van der Waals surface area contributed by atoms with Crippen LogP contribution in [-0.2, 0) is 4.79 Å². The summed E-state index contributed by atoms with van der Waals surface area (Å²) in [5.41, 5.74) is 0.188. The van der Waals surface area contributed by atoms with Gasteiger partial charge in [0.05, 0.1) is 12.2 Å². The van der Waals surface area contributed by atoms with Crippen LogP contribution in [0.5, 0.6) is 0 Å². The maximum Gasteiger partial charge on any atom is 0.0602 e. The van der Waals surface area contributed by atoms with Gasteiger partial charge in [-0.15, -0.1) is 0 Å². The third-order valence-electron chi connectivity index (χ3n) is 10.3. The lowest BCUT2D eigenvalue weighted by Crippen LogP contribution is -2.58. The molecule has 0 saturated heterocycles. The SMILES string of the molecule is C[C@H](CCC(=O)[O-])[C@H]1CC[C@H]2[C@@H]3CC[C@H]4C[C@@H](O)CC[C@]4(C)[C@H]3C[C@H](O)[C@]12C. The van der Waals surface area contributed by atoms with Gasteiger partial charge in [-0.3, -0.25) is 0 Å². The van der Waals surface area contributed by atoms with E-state index in [0.29, 0.717) is 41.9 Å². The van der Waals surface area contributed by atoms with Crippen molar-refractivity contribution in [2.75, 3.05) is 0 Å². The molecular formula is C24H39O4-. The highest BCUT2D eigenvalue weighted by Gasteiger charge is 2.63. The first kappa shape index (κ1) is 20.7. The Morgan fingerprint density at radius 2 is 1.82 bits per heavy atom. The summed E-state index contributed by atoms with van der Waals surface area (Å²) in [5, 5.41) is 32.6. The Labute approximate surface area is 170 Å². The van der Waals surface area contributed by atoms with E-state index in [2.05, 4.69) is 20.8 Å². The average Bonchev–Trinajstić information content (AvgIpc) is 3.00. The van der Waals surface area contributed by atoms with Gasteiger partial charge in [-0.1, -0.05) is 20.8 Å². The van der Waals surface area contributed by atoms with Crippen molar-refractivity contribution in [3.8, 4) is 0 Å². The number of aliphatic hydroxyl groups excluding tert-OH is 2. The number of fused-ring (bicyclic) bond motifs is 5. The molecule has 0 unspecified atom stereocenters. The number of carboxylic acid groups (broad SMARTS) is 1. The highest BCUT2D eigenvalue weighted by atomic mass is 16.4. The molecule has 0 aromatic rings. The minimum Gasteiger partial charge on any atom is -0.550 e. The largest absolute Gasteiger partial charge is 0.550 e. The first-order valence-electron chi connectivity index (χ1n) is 11.7. The van der Waals surface area contributed by atoms with E-state index in [1.165, 1.54) is 19.3 Å². The van der Waals surface area contributed by atoms with Gasteiger partial charge in [-0.2, -0.15) is 0 Å². The van der Waals surface area contributed by atoms with E-state index in [1.807, 2.05) is 0 Å². The zero-order valence-electron chi connectivity index (χ0n) is 17.9. The molecule has 4 heteroatoms. The molecule has 0 spiro atoms. The Balaban J connectivity index is 1.56.